The molecule has 0 spiro atoms. The second-order valence-electron chi connectivity index (χ2n) is 7.02. The molecule has 0 radical (unpaired) electrons. The van der Waals surface area contributed by atoms with Crippen LogP contribution < -0.4 is 14.8 Å². The summed E-state index contributed by atoms with van der Waals surface area (Å²) < 4.78 is 70.9. The van der Waals surface area contributed by atoms with E-state index in [1.807, 2.05) is 0 Å². The minimum atomic E-state index is -4.07. The highest BCUT2D eigenvalue weighted by atomic mass is 35.5. The van der Waals surface area contributed by atoms with Crippen molar-refractivity contribution in [1.29, 1.82) is 0 Å². The van der Waals surface area contributed by atoms with Crippen molar-refractivity contribution >= 4 is 48.7 Å². The summed E-state index contributed by atoms with van der Waals surface area (Å²) in [4.78, 5) is 12.1. The van der Waals surface area contributed by atoms with Gasteiger partial charge in [0.2, 0.25) is 5.91 Å². The zero-order chi connectivity index (χ0) is 24.9. The largest absolute Gasteiger partial charge is 0.495 e. The van der Waals surface area contributed by atoms with Crippen LogP contribution in [0.5, 0.6) is 5.75 Å². The number of amides is 1. The fourth-order valence-corrected chi connectivity index (χ4v) is 5.82. The summed E-state index contributed by atoms with van der Waals surface area (Å²) in [7, 11) is -6.52. The molecule has 34 heavy (non-hydrogen) atoms. The first-order chi connectivity index (χ1) is 16.0. The van der Waals surface area contributed by atoms with Crippen molar-refractivity contribution in [1.82, 2.24) is 0 Å². The standard InChI is InChI=1S/C22H20ClFN2O6S2/c1-32-20-11-8-16(14-19(20)26-34(30,31)17-9-6-15(24)7-10-17)25-22(27)12-13-33(28,29)21-5-3-2-4-18(21)23/h2-11,14,26H,12-13H2,1H3,(H,25,27). The van der Waals surface area contributed by atoms with Gasteiger partial charge in [-0.25, -0.2) is 21.2 Å². The van der Waals surface area contributed by atoms with E-state index in [0.717, 1.165) is 24.3 Å². The van der Waals surface area contributed by atoms with E-state index in [9.17, 15) is 26.0 Å². The summed E-state index contributed by atoms with van der Waals surface area (Å²) in [6, 6.07) is 14.4. The van der Waals surface area contributed by atoms with Crippen LogP contribution in [0.15, 0.2) is 76.5 Å². The third-order valence-electron chi connectivity index (χ3n) is 4.62. The molecule has 0 aliphatic heterocycles. The molecule has 0 bridgehead atoms. The van der Waals surface area contributed by atoms with E-state index < -0.39 is 37.3 Å². The fraction of sp³-hybridized carbons (Fsp3) is 0.136. The molecule has 180 valence electrons. The van der Waals surface area contributed by atoms with Gasteiger partial charge in [-0.15, -0.1) is 0 Å². The van der Waals surface area contributed by atoms with E-state index in [1.54, 1.807) is 6.07 Å². The van der Waals surface area contributed by atoms with Gasteiger partial charge in [-0.2, -0.15) is 0 Å². The van der Waals surface area contributed by atoms with Crippen LogP contribution in [0.4, 0.5) is 15.8 Å². The van der Waals surface area contributed by atoms with Crippen LogP contribution >= 0.6 is 11.6 Å². The molecular weight excluding hydrogens is 507 g/mol. The minimum Gasteiger partial charge on any atom is -0.495 e. The molecule has 0 atom stereocenters. The molecule has 3 rings (SSSR count). The van der Waals surface area contributed by atoms with Gasteiger partial charge in [0.25, 0.3) is 10.0 Å². The number of rotatable bonds is 9. The van der Waals surface area contributed by atoms with E-state index in [-0.39, 0.29) is 38.4 Å². The lowest BCUT2D eigenvalue weighted by molar-refractivity contribution is -0.115. The first-order valence-electron chi connectivity index (χ1n) is 9.75. The van der Waals surface area contributed by atoms with Crippen molar-refractivity contribution in [2.24, 2.45) is 0 Å². The third-order valence-corrected chi connectivity index (χ3v) is 8.21. The van der Waals surface area contributed by atoms with Gasteiger partial charge in [0.05, 0.1) is 33.4 Å². The lowest BCUT2D eigenvalue weighted by Gasteiger charge is -2.14. The number of hydrogen-bond donors (Lipinski definition) is 2. The Hall–Kier alpha value is -3.15. The van der Waals surface area contributed by atoms with Crippen LogP contribution in [-0.2, 0) is 24.7 Å². The van der Waals surface area contributed by atoms with Gasteiger partial charge in [-0.05, 0) is 54.6 Å². The number of halogens is 2. The van der Waals surface area contributed by atoms with E-state index >= 15 is 0 Å². The molecule has 0 unspecified atom stereocenters. The number of nitrogens with one attached hydrogen (secondary N) is 2. The Kier molecular flexibility index (Phi) is 7.80. The molecule has 12 heteroatoms. The van der Waals surface area contributed by atoms with E-state index in [1.165, 1.54) is 43.5 Å². The Balaban J connectivity index is 1.73. The second kappa shape index (κ2) is 10.4. The number of carbonyl (C=O) groups is 1. The third kappa shape index (κ3) is 6.25. The fourth-order valence-electron chi connectivity index (χ4n) is 2.94. The predicted molar refractivity (Wildman–Crippen MR) is 127 cm³/mol. The Morgan fingerprint density at radius 2 is 1.68 bits per heavy atom. The Bertz CT molecular complexity index is 1410. The average Bonchev–Trinajstić information content (AvgIpc) is 2.78. The number of carbonyl (C=O) groups excluding carboxylic acids is 1. The van der Waals surface area contributed by atoms with E-state index in [0.29, 0.717) is 0 Å². The molecule has 0 heterocycles. The maximum atomic E-state index is 13.1. The first-order valence-corrected chi connectivity index (χ1v) is 13.3. The molecule has 3 aromatic rings. The molecular formula is C22H20ClFN2O6S2. The van der Waals surface area contributed by atoms with Gasteiger partial charge < -0.3 is 10.1 Å². The molecule has 2 N–H and O–H groups in total. The monoisotopic (exact) mass is 526 g/mol. The van der Waals surface area contributed by atoms with Crippen molar-refractivity contribution in [3.05, 3.63) is 77.6 Å². The van der Waals surface area contributed by atoms with Gasteiger partial charge in [-0.3, -0.25) is 9.52 Å². The predicted octanol–water partition coefficient (Wildman–Crippen LogP) is 4.09. The van der Waals surface area contributed by atoms with Crippen LogP contribution in [0.3, 0.4) is 0 Å². The molecule has 8 nitrogen and oxygen atoms in total. The number of methoxy groups -OCH3 is 1. The van der Waals surface area contributed by atoms with E-state index in [4.69, 9.17) is 16.3 Å². The Morgan fingerprint density at radius 1 is 1.00 bits per heavy atom. The second-order valence-corrected chi connectivity index (χ2v) is 11.2. The highest BCUT2D eigenvalue weighted by Gasteiger charge is 2.20. The smallest absolute Gasteiger partial charge is 0.262 e. The number of sulfonamides is 1. The number of benzene rings is 3. The molecule has 0 fully saturated rings. The van der Waals surface area contributed by atoms with E-state index in [2.05, 4.69) is 10.0 Å². The molecule has 3 aromatic carbocycles. The summed E-state index contributed by atoms with van der Waals surface area (Å²) in [5, 5.41) is 2.59. The maximum Gasteiger partial charge on any atom is 0.262 e. The Morgan fingerprint density at radius 3 is 2.32 bits per heavy atom. The number of sulfone groups is 1. The van der Waals surface area contributed by atoms with Gasteiger partial charge in [0.15, 0.2) is 9.84 Å². The zero-order valence-electron chi connectivity index (χ0n) is 17.8. The Labute approximate surface area is 201 Å². The zero-order valence-corrected chi connectivity index (χ0v) is 20.2. The molecule has 0 aliphatic carbocycles. The summed E-state index contributed by atoms with van der Waals surface area (Å²) >= 11 is 5.94. The normalized spacial score (nSPS) is 11.6. The summed E-state index contributed by atoms with van der Waals surface area (Å²) in [6.07, 6.45) is -0.351. The van der Waals surface area contributed by atoms with Gasteiger partial charge in [0.1, 0.15) is 11.6 Å². The summed E-state index contributed by atoms with van der Waals surface area (Å²) in [5.41, 5.74) is 0.228. The van der Waals surface area contributed by atoms with Crippen molar-refractivity contribution in [3.8, 4) is 5.75 Å². The number of ether oxygens (including phenoxy) is 1. The highest BCUT2D eigenvalue weighted by Crippen LogP contribution is 2.30. The van der Waals surface area contributed by atoms with Crippen LogP contribution in [0.2, 0.25) is 5.02 Å². The van der Waals surface area contributed by atoms with Crippen molar-refractivity contribution in [3.63, 3.8) is 0 Å². The SMILES string of the molecule is COc1ccc(NC(=O)CCS(=O)(=O)c2ccccc2Cl)cc1NS(=O)(=O)c1ccc(F)cc1. The lowest BCUT2D eigenvalue weighted by atomic mass is 10.2. The topological polar surface area (TPSA) is 119 Å². The van der Waals surface area contributed by atoms with Gasteiger partial charge >= 0.3 is 0 Å². The molecule has 0 saturated carbocycles. The molecule has 0 saturated heterocycles. The highest BCUT2D eigenvalue weighted by molar-refractivity contribution is 7.92. The molecule has 0 aromatic heterocycles. The lowest BCUT2D eigenvalue weighted by Crippen LogP contribution is -2.18. The van der Waals surface area contributed by atoms with Crippen LogP contribution in [0.1, 0.15) is 6.42 Å². The molecule has 0 aliphatic rings. The maximum absolute atomic E-state index is 13.1. The first kappa shape index (κ1) is 25.5. The number of hydrogen-bond acceptors (Lipinski definition) is 6. The van der Waals surface area contributed by atoms with Crippen molar-refractivity contribution < 1.29 is 30.8 Å². The van der Waals surface area contributed by atoms with Crippen LogP contribution in [0, 0.1) is 5.82 Å². The number of anilines is 2. The van der Waals surface area contributed by atoms with Crippen molar-refractivity contribution in [2.75, 3.05) is 22.9 Å². The van der Waals surface area contributed by atoms with Crippen LogP contribution in [-0.4, -0.2) is 35.6 Å². The summed E-state index contributed by atoms with van der Waals surface area (Å²) in [5.74, 6) is -1.49. The molecule has 1 amide bonds. The van der Waals surface area contributed by atoms with Gasteiger partial charge in [0, 0.05) is 12.1 Å². The average molecular weight is 527 g/mol. The van der Waals surface area contributed by atoms with Crippen molar-refractivity contribution in [2.45, 2.75) is 16.2 Å². The quantitative estimate of drug-likeness (QED) is 0.433. The van der Waals surface area contributed by atoms with Gasteiger partial charge in [-0.1, -0.05) is 23.7 Å². The minimum absolute atomic E-state index is 0.0216. The summed E-state index contributed by atoms with van der Waals surface area (Å²) in [6.45, 7) is 0. The van der Waals surface area contributed by atoms with Crippen LogP contribution in [0.25, 0.3) is 0 Å².